The molecule has 15 heteroatoms. The van der Waals surface area contributed by atoms with Crippen molar-refractivity contribution in [1.82, 2.24) is 0 Å². The van der Waals surface area contributed by atoms with Crippen LogP contribution in [0.2, 0.25) is 0 Å². The minimum absolute atomic E-state index is 0.124. The van der Waals surface area contributed by atoms with Crippen molar-refractivity contribution < 1.29 is 26.4 Å². The van der Waals surface area contributed by atoms with Gasteiger partial charge in [-0.15, -0.1) is 0 Å². The number of ether oxygens (including phenoxy) is 1. The molecule has 164 valence electrons. The summed E-state index contributed by atoms with van der Waals surface area (Å²) in [5.74, 6) is 0. The molecule has 0 aliphatic heterocycles. The Hall–Kier alpha value is -2.99. The number of unbranched alkanes of at least 4 members (excludes halogenated alkanes) is 5. The van der Waals surface area contributed by atoms with E-state index < -0.39 is 35.9 Å². The minimum atomic E-state index is -4.58. The van der Waals surface area contributed by atoms with Crippen molar-refractivity contribution >= 4 is 31.8 Å². The molecular weight excluding hydrogens is 438 g/mol. The molecule has 0 aliphatic carbocycles. The van der Waals surface area contributed by atoms with Crippen molar-refractivity contribution in [2.24, 2.45) is 9.04 Å². The predicted octanol–water partition coefficient (Wildman–Crippen LogP) is 4.59. The largest absolute Gasteiger partial charge is 0.449 e. The Morgan fingerprint density at radius 2 is 1.43 bits per heavy atom. The summed E-state index contributed by atoms with van der Waals surface area (Å²) in [5, 5.41) is 2.20. The highest BCUT2D eigenvalue weighted by Gasteiger charge is 2.21. The van der Waals surface area contributed by atoms with Gasteiger partial charge in [-0.25, -0.2) is 21.6 Å². The first-order valence-corrected chi connectivity index (χ1v) is 11.8. The van der Waals surface area contributed by atoms with E-state index in [1.165, 1.54) is 0 Å². The molecule has 0 saturated heterocycles. The maximum Gasteiger partial charge on any atom is 0.411 e. The quantitative estimate of drug-likeness (QED) is 0.204. The third kappa shape index (κ3) is 8.17. The van der Waals surface area contributed by atoms with E-state index in [1.54, 1.807) is 0 Å². The van der Waals surface area contributed by atoms with Gasteiger partial charge in [0.25, 0.3) is 20.0 Å². The van der Waals surface area contributed by atoms with Gasteiger partial charge in [0.15, 0.2) is 0 Å². The normalized spacial score (nSPS) is 11.1. The molecule has 0 aromatic heterocycles. The Morgan fingerprint density at radius 1 is 0.933 bits per heavy atom. The van der Waals surface area contributed by atoms with Crippen LogP contribution in [-0.4, -0.2) is 29.5 Å². The molecule has 0 atom stereocenters. The van der Waals surface area contributed by atoms with Crippen LogP contribution in [0.1, 0.15) is 45.4 Å². The molecule has 0 aliphatic rings. The monoisotopic (exact) mass is 459 g/mol. The lowest BCUT2D eigenvalue weighted by Crippen LogP contribution is -2.15. The Morgan fingerprint density at radius 3 is 1.93 bits per heavy atom. The van der Waals surface area contributed by atoms with Gasteiger partial charge in [-0.2, -0.15) is 0 Å². The van der Waals surface area contributed by atoms with Crippen LogP contribution in [0.4, 0.5) is 10.5 Å². The first kappa shape index (κ1) is 25.0. The molecular formula is C15H21N7O6S2. The summed E-state index contributed by atoms with van der Waals surface area (Å²) < 4.78 is 58.1. The van der Waals surface area contributed by atoms with Gasteiger partial charge in [0, 0.05) is 24.5 Å². The lowest BCUT2D eigenvalue weighted by Gasteiger charge is -2.10. The highest BCUT2D eigenvalue weighted by Crippen LogP contribution is 2.25. The van der Waals surface area contributed by atoms with E-state index in [1.807, 2.05) is 0 Å². The highest BCUT2D eigenvalue weighted by atomic mass is 32.2. The number of azide groups is 2. The second kappa shape index (κ2) is 11.9. The van der Waals surface area contributed by atoms with Crippen LogP contribution in [-0.2, 0) is 24.8 Å². The van der Waals surface area contributed by atoms with Crippen molar-refractivity contribution in [1.29, 1.82) is 0 Å². The second-order valence-electron chi connectivity index (χ2n) is 6.01. The van der Waals surface area contributed by atoms with Crippen molar-refractivity contribution in [2.75, 3.05) is 11.9 Å². The SMILES string of the molecule is CCCCCCCCOC(=O)Nc1cc(S(=O)(=O)N=[N+]=[N-])cc(S(=O)(=O)N=[N+]=[N-])c1. The van der Waals surface area contributed by atoms with E-state index in [0.717, 1.165) is 44.2 Å². The van der Waals surface area contributed by atoms with Gasteiger partial charge in [0.05, 0.1) is 16.4 Å². The second-order valence-corrected chi connectivity index (χ2v) is 9.18. The minimum Gasteiger partial charge on any atom is -0.449 e. The number of sulfonamides is 2. The van der Waals surface area contributed by atoms with Crippen molar-refractivity contribution in [3.63, 3.8) is 0 Å². The van der Waals surface area contributed by atoms with Gasteiger partial charge in [-0.1, -0.05) is 39.0 Å². The number of anilines is 1. The fourth-order valence-electron chi connectivity index (χ4n) is 2.33. The van der Waals surface area contributed by atoms with Gasteiger partial charge in [-0.3, -0.25) is 5.32 Å². The summed E-state index contributed by atoms with van der Waals surface area (Å²) in [6, 6.07) is 2.40. The average Bonchev–Trinajstić information content (AvgIpc) is 2.67. The van der Waals surface area contributed by atoms with Crippen LogP contribution in [0, 0.1) is 0 Å². The maximum atomic E-state index is 12.0. The maximum absolute atomic E-state index is 12.0. The zero-order valence-electron chi connectivity index (χ0n) is 16.1. The third-order valence-electron chi connectivity index (χ3n) is 3.74. The van der Waals surface area contributed by atoms with E-state index in [-0.39, 0.29) is 12.3 Å². The molecule has 0 radical (unpaired) electrons. The first-order chi connectivity index (χ1) is 14.2. The van der Waals surface area contributed by atoms with Crippen molar-refractivity contribution in [2.45, 2.75) is 55.2 Å². The standard InChI is InChI=1S/C15H21N7O6S2/c1-2-3-4-5-6-7-8-28-15(23)18-12-9-13(29(24,25)21-19-16)11-14(10-12)30(26,27)22-20-17/h9-11H,2-8H2,1H3,(H,18,23). The number of hydrogen-bond donors (Lipinski definition) is 1. The fraction of sp³-hybridized carbons (Fsp3) is 0.533. The van der Waals surface area contributed by atoms with Crippen LogP contribution in [0.15, 0.2) is 37.0 Å². The Labute approximate surface area is 173 Å². The van der Waals surface area contributed by atoms with E-state index in [4.69, 9.17) is 15.8 Å². The van der Waals surface area contributed by atoms with E-state index in [0.29, 0.717) is 12.5 Å². The topological polar surface area (TPSA) is 204 Å². The Kier molecular flexibility index (Phi) is 9.92. The Balaban J connectivity index is 2.99. The first-order valence-electron chi connectivity index (χ1n) is 8.88. The molecule has 1 amide bonds. The average molecular weight is 460 g/mol. The summed E-state index contributed by atoms with van der Waals surface area (Å²) in [6.45, 7) is 2.22. The number of carbonyl (C=O) groups excluding carboxylic acids is 1. The van der Waals surface area contributed by atoms with Gasteiger partial charge >= 0.3 is 6.09 Å². The lowest BCUT2D eigenvalue weighted by molar-refractivity contribution is 0.159. The molecule has 1 aromatic rings. The van der Waals surface area contributed by atoms with Crippen molar-refractivity contribution in [3.05, 3.63) is 39.1 Å². The zero-order chi connectivity index (χ0) is 22.6. The van der Waals surface area contributed by atoms with Gasteiger partial charge < -0.3 is 4.74 Å². The Bertz CT molecular complexity index is 993. The number of carbonyl (C=O) groups is 1. The molecule has 0 unspecified atom stereocenters. The molecule has 0 fully saturated rings. The fourth-order valence-corrected chi connectivity index (χ4v) is 3.89. The molecule has 1 N–H and O–H groups in total. The zero-order valence-corrected chi connectivity index (χ0v) is 17.8. The summed E-state index contributed by atoms with van der Waals surface area (Å²) in [4.78, 5) is 14.8. The summed E-state index contributed by atoms with van der Waals surface area (Å²) in [7, 11) is -9.16. The summed E-state index contributed by atoms with van der Waals surface area (Å²) >= 11 is 0. The molecule has 0 bridgehead atoms. The summed E-state index contributed by atoms with van der Waals surface area (Å²) in [5.41, 5.74) is 16.5. The molecule has 0 spiro atoms. The van der Waals surface area contributed by atoms with Crippen LogP contribution in [0.25, 0.3) is 20.9 Å². The molecule has 1 rings (SSSR count). The third-order valence-corrected chi connectivity index (χ3v) is 5.98. The number of nitrogens with zero attached hydrogens (tertiary/aromatic N) is 6. The highest BCUT2D eigenvalue weighted by molar-refractivity contribution is 7.90. The van der Waals surface area contributed by atoms with Crippen LogP contribution in [0.5, 0.6) is 0 Å². The summed E-state index contributed by atoms with van der Waals surface area (Å²) in [6.07, 6.45) is 4.94. The predicted molar refractivity (Wildman–Crippen MR) is 107 cm³/mol. The molecule has 1 aromatic carbocycles. The molecule has 0 heterocycles. The van der Waals surface area contributed by atoms with Crippen LogP contribution < -0.4 is 5.32 Å². The van der Waals surface area contributed by atoms with Gasteiger partial charge in [-0.05, 0) is 35.7 Å². The van der Waals surface area contributed by atoms with E-state index >= 15 is 0 Å². The number of nitrogens with one attached hydrogen (secondary N) is 1. The number of benzene rings is 1. The van der Waals surface area contributed by atoms with Gasteiger partial charge in [0.1, 0.15) is 0 Å². The van der Waals surface area contributed by atoms with E-state index in [9.17, 15) is 21.6 Å². The van der Waals surface area contributed by atoms with Crippen molar-refractivity contribution in [3.8, 4) is 0 Å². The molecule has 13 nitrogen and oxygen atoms in total. The number of amides is 1. The van der Waals surface area contributed by atoms with E-state index in [2.05, 4.69) is 31.1 Å². The smallest absolute Gasteiger partial charge is 0.411 e. The molecule has 0 saturated carbocycles. The van der Waals surface area contributed by atoms with Crippen LogP contribution in [0.3, 0.4) is 0 Å². The van der Waals surface area contributed by atoms with Crippen LogP contribution >= 0.6 is 0 Å². The van der Waals surface area contributed by atoms with Gasteiger partial charge in [0.2, 0.25) is 0 Å². The molecule has 30 heavy (non-hydrogen) atoms. The number of rotatable bonds is 12. The number of hydrogen-bond acceptors (Lipinski definition) is 6. The lowest BCUT2D eigenvalue weighted by atomic mass is 10.1.